The molecule has 2 heteroatoms. The van der Waals surface area contributed by atoms with Gasteiger partial charge in [-0.15, -0.1) is 0 Å². The lowest BCUT2D eigenvalue weighted by Gasteiger charge is -2.00. The number of aryl methyl sites for hydroxylation is 1. The molecule has 0 saturated carbocycles. The van der Waals surface area contributed by atoms with Crippen LogP contribution in [0.15, 0.2) is 24.3 Å². The van der Waals surface area contributed by atoms with Crippen LogP contribution in [-0.4, -0.2) is 5.97 Å². The van der Waals surface area contributed by atoms with Crippen LogP contribution < -0.4 is 4.74 Å². The first-order valence-corrected chi connectivity index (χ1v) is 6.43. The van der Waals surface area contributed by atoms with E-state index in [4.69, 9.17) is 4.74 Å². The van der Waals surface area contributed by atoms with E-state index in [1.165, 1.54) is 6.92 Å². The lowest BCUT2D eigenvalue weighted by Crippen LogP contribution is -2.00. The molecule has 0 bridgehead atoms. The van der Waals surface area contributed by atoms with E-state index < -0.39 is 0 Å². The molecule has 0 aliphatic carbocycles. The predicted octanol–water partition coefficient (Wildman–Crippen LogP) is 5.00. The Morgan fingerprint density at radius 1 is 1.00 bits per heavy atom. The van der Waals surface area contributed by atoms with Gasteiger partial charge in [0.05, 0.1) is 0 Å². The topological polar surface area (TPSA) is 26.3 Å². The van der Waals surface area contributed by atoms with Crippen molar-refractivity contribution in [3.8, 4) is 5.75 Å². The monoisotopic (exact) mass is 240 g/mol. The first-order valence-electron chi connectivity index (χ1n) is 6.43. The van der Waals surface area contributed by atoms with Gasteiger partial charge in [-0.3, -0.25) is 4.79 Å². The molecule has 0 heterocycles. The summed E-state index contributed by atoms with van der Waals surface area (Å²) in [7, 11) is 0. The van der Waals surface area contributed by atoms with Gasteiger partial charge in [0, 0.05) is 6.92 Å². The Hall–Kier alpha value is -1.31. The number of benzene rings is 1. The first-order chi connectivity index (χ1) is 8.18. The molecule has 0 unspecified atom stereocenters. The minimum atomic E-state index is -0.282. The summed E-state index contributed by atoms with van der Waals surface area (Å²) in [6.07, 6.45) is 0. The third kappa shape index (κ3) is 14.7. The number of carbonyl (C=O) groups is 1. The third-order valence-electron chi connectivity index (χ3n) is 1.25. The fourth-order valence-electron chi connectivity index (χ4n) is 0.845. The van der Waals surface area contributed by atoms with Gasteiger partial charge < -0.3 is 4.74 Å². The first kappa shape index (κ1) is 21.0. The van der Waals surface area contributed by atoms with Gasteiger partial charge in [0.25, 0.3) is 0 Å². The minimum Gasteiger partial charge on any atom is -0.427 e. The number of rotatable bonds is 1. The van der Waals surface area contributed by atoms with Gasteiger partial charge in [0.15, 0.2) is 0 Å². The third-order valence-corrected chi connectivity index (χ3v) is 1.25. The zero-order chi connectivity index (χ0) is 14.3. The SMILES string of the molecule is CC.CC.CC.CC(=O)Oc1cccc(C)c1. The summed E-state index contributed by atoms with van der Waals surface area (Å²) in [4.78, 5) is 10.5. The van der Waals surface area contributed by atoms with Gasteiger partial charge in [0.2, 0.25) is 0 Å². The van der Waals surface area contributed by atoms with Crippen molar-refractivity contribution in [1.29, 1.82) is 0 Å². The second-order valence-corrected chi connectivity index (χ2v) is 2.41. The second kappa shape index (κ2) is 17.1. The molecule has 0 spiro atoms. The summed E-state index contributed by atoms with van der Waals surface area (Å²) in [6, 6.07) is 7.39. The van der Waals surface area contributed by atoms with Gasteiger partial charge in [-0.25, -0.2) is 0 Å². The van der Waals surface area contributed by atoms with Crippen LogP contribution in [0.1, 0.15) is 54.0 Å². The van der Waals surface area contributed by atoms with Crippen LogP contribution in [0.5, 0.6) is 5.75 Å². The molecule has 0 aliphatic rings. The fourth-order valence-corrected chi connectivity index (χ4v) is 0.845. The highest BCUT2D eigenvalue weighted by Crippen LogP contribution is 2.11. The molecule has 0 fully saturated rings. The fraction of sp³-hybridized carbons (Fsp3) is 0.533. The van der Waals surface area contributed by atoms with E-state index in [1.807, 2.05) is 66.7 Å². The largest absolute Gasteiger partial charge is 0.427 e. The van der Waals surface area contributed by atoms with E-state index in [1.54, 1.807) is 6.07 Å². The smallest absolute Gasteiger partial charge is 0.308 e. The highest BCUT2D eigenvalue weighted by Gasteiger charge is 1.95. The molecule has 0 N–H and O–H groups in total. The molecule has 1 rings (SSSR count). The van der Waals surface area contributed by atoms with Crippen LogP contribution in [-0.2, 0) is 4.79 Å². The van der Waals surface area contributed by atoms with Crippen LogP contribution in [0.4, 0.5) is 0 Å². The van der Waals surface area contributed by atoms with E-state index in [-0.39, 0.29) is 5.97 Å². The quantitative estimate of drug-likeness (QED) is 0.510. The average molecular weight is 240 g/mol. The van der Waals surface area contributed by atoms with Crippen LogP contribution in [0.2, 0.25) is 0 Å². The van der Waals surface area contributed by atoms with Gasteiger partial charge in [-0.1, -0.05) is 53.7 Å². The lowest BCUT2D eigenvalue weighted by molar-refractivity contribution is -0.131. The number of hydrogen-bond donors (Lipinski definition) is 0. The Kier molecular flexibility index (Phi) is 21.1. The van der Waals surface area contributed by atoms with E-state index in [0.717, 1.165) is 5.56 Å². The van der Waals surface area contributed by atoms with E-state index >= 15 is 0 Å². The van der Waals surface area contributed by atoms with Crippen molar-refractivity contribution < 1.29 is 9.53 Å². The van der Waals surface area contributed by atoms with Crippen LogP contribution in [0, 0.1) is 6.92 Å². The van der Waals surface area contributed by atoms with Crippen molar-refractivity contribution in [3.05, 3.63) is 29.8 Å². The highest BCUT2D eigenvalue weighted by atomic mass is 16.5. The molecule has 17 heavy (non-hydrogen) atoms. The Morgan fingerprint density at radius 2 is 1.47 bits per heavy atom. The maximum atomic E-state index is 10.5. The van der Waals surface area contributed by atoms with Crippen LogP contribution in [0.3, 0.4) is 0 Å². The molecule has 0 amide bonds. The van der Waals surface area contributed by atoms with E-state index in [0.29, 0.717) is 5.75 Å². The highest BCUT2D eigenvalue weighted by molar-refractivity contribution is 5.69. The van der Waals surface area contributed by atoms with Gasteiger partial charge in [0.1, 0.15) is 5.75 Å². The molecule has 0 radical (unpaired) electrons. The van der Waals surface area contributed by atoms with Crippen molar-refractivity contribution in [1.82, 2.24) is 0 Å². The molecule has 0 atom stereocenters. The van der Waals surface area contributed by atoms with Gasteiger partial charge in [-0.05, 0) is 24.6 Å². The van der Waals surface area contributed by atoms with Crippen LogP contribution in [0.25, 0.3) is 0 Å². The van der Waals surface area contributed by atoms with Crippen molar-refractivity contribution in [2.24, 2.45) is 0 Å². The summed E-state index contributed by atoms with van der Waals surface area (Å²) >= 11 is 0. The molecular weight excluding hydrogens is 212 g/mol. The number of ether oxygens (including phenoxy) is 1. The maximum Gasteiger partial charge on any atom is 0.308 e. The predicted molar refractivity (Wildman–Crippen MR) is 76.5 cm³/mol. The molecule has 1 aromatic carbocycles. The van der Waals surface area contributed by atoms with Crippen molar-refractivity contribution in [2.75, 3.05) is 0 Å². The standard InChI is InChI=1S/C9H10O2.3C2H6/c1-7-4-3-5-9(6-7)11-8(2)10;3*1-2/h3-6H,1-2H3;3*1-2H3. The zero-order valence-corrected chi connectivity index (χ0v) is 12.6. The van der Waals surface area contributed by atoms with Gasteiger partial charge in [-0.2, -0.15) is 0 Å². The summed E-state index contributed by atoms with van der Waals surface area (Å²) in [5.74, 6) is 0.327. The van der Waals surface area contributed by atoms with Crippen molar-refractivity contribution in [2.45, 2.75) is 55.4 Å². The summed E-state index contributed by atoms with van der Waals surface area (Å²) in [5, 5.41) is 0. The Balaban J connectivity index is -0.000000285. The van der Waals surface area contributed by atoms with E-state index in [2.05, 4.69) is 0 Å². The van der Waals surface area contributed by atoms with Crippen molar-refractivity contribution in [3.63, 3.8) is 0 Å². The molecular formula is C15H28O2. The Bertz CT molecular complexity index is 267. The number of esters is 1. The van der Waals surface area contributed by atoms with Crippen molar-refractivity contribution >= 4 is 5.97 Å². The Morgan fingerprint density at radius 3 is 1.82 bits per heavy atom. The molecule has 0 aliphatic heterocycles. The van der Waals surface area contributed by atoms with Crippen LogP contribution >= 0.6 is 0 Å². The molecule has 2 nitrogen and oxygen atoms in total. The summed E-state index contributed by atoms with van der Waals surface area (Å²) in [5.41, 5.74) is 1.09. The zero-order valence-electron chi connectivity index (χ0n) is 12.6. The number of hydrogen-bond acceptors (Lipinski definition) is 2. The molecule has 1 aromatic rings. The molecule has 0 aromatic heterocycles. The Labute approximate surface area is 107 Å². The maximum absolute atomic E-state index is 10.5. The minimum absolute atomic E-state index is 0.282. The van der Waals surface area contributed by atoms with E-state index in [9.17, 15) is 4.79 Å². The lowest BCUT2D eigenvalue weighted by atomic mass is 10.2. The average Bonchev–Trinajstić information content (AvgIpc) is 2.36. The normalized spacial score (nSPS) is 7.06. The number of carbonyl (C=O) groups excluding carboxylic acids is 1. The summed E-state index contributed by atoms with van der Waals surface area (Å²) in [6.45, 7) is 15.3. The molecule has 0 saturated heterocycles. The molecule has 100 valence electrons. The second-order valence-electron chi connectivity index (χ2n) is 2.41. The summed E-state index contributed by atoms with van der Waals surface area (Å²) < 4.78 is 4.86. The van der Waals surface area contributed by atoms with Gasteiger partial charge >= 0.3 is 5.97 Å².